The quantitative estimate of drug-likeness (QED) is 0.718. The van der Waals surface area contributed by atoms with Crippen LogP contribution in [0.15, 0.2) is 48.8 Å². The molecular weight excluding hydrogens is 260 g/mol. The smallest absolute Gasteiger partial charge is 0.119 e. The number of hydrogen-bond acceptors (Lipinski definition) is 3. The fourth-order valence-electron chi connectivity index (χ4n) is 2.33. The van der Waals surface area contributed by atoms with Gasteiger partial charge in [0.25, 0.3) is 0 Å². The van der Waals surface area contributed by atoms with E-state index in [0.29, 0.717) is 0 Å². The fourth-order valence-corrected chi connectivity index (χ4v) is 2.33. The third kappa shape index (κ3) is 5.96. The molecule has 2 aromatic rings. The number of nitrogens with one attached hydrogen (secondary N) is 1. The Morgan fingerprint density at radius 3 is 2.48 bits per heavy atom. The van der Waals surface area contributed by atoms with E-state index in [9.17, 15) is 0 Å². The molecule has 1 aromatic heterocycles. The molecule has 0 bridgehead atoms. The van der Waals surface area contributed by atoms with Crippen molar-refractivity contribution < 1.29 is 4.74 Å². The van der Waals surface area contributed by atoms with Crippen LogP contribution in [0.25, 0.3) is 0 Å². The van der Waals surface area contributed by atoms with Crippen molar-refractivity contribution in [3.63, 3.8) is 0 Å². The summed E-state index contributed by atoms with van der Waals surface area (Å²) in [5.74, 6) is 0.942. The Hall–Kier alpha value is -1.87. The van der Waals surface area contributed by atoms with E-state index in [2.05, 4.69) is 34.6 Å². The number of rotatable bonds is 9. The lowest BCUT2D eigenvalue weighted by Gasteiger charge is -2.06. The average molecular weight is 284 g/mol. The van der Waals surface area contributed by atoms with Gasteiger partial charge >= 0.3 is 0 Å². The third-order valence-corrected chi connectivity index (χ3v) is 3.49. The number of hydrogen-bond donors (Lipinski definition) is 1. The molecule has 0 aliphatic rings. The summed E-state index contributed by atoms with van der Waals surface area (Å²) in [6.07, 6.45) is 8.26. The van der Waals surface area contributed by atoms with E-state index in [-0.39, 0.29) is 0 Å². The summed E-state index contributed by atoms with van der Waals surface area (Å²) < 4.78 is 5.24. The molecule has 0 aliphatic carbocycles. The molecule has 0 fully saturated rings. The van der Waals surface area contributed by atoms with Crippen molar-refractivity contribution in [2.45, 2.75) is 25.7 Å². The summed E-state index contributed by atoms with van der Waals surface area (Å²) in [7, 11) is 1.71. The first kappa shape index (κ1) is 15.5. The third-order valence-electron chi connectivity index (χ3n) is 3.49. The second-order valence-electron chi connectivity index (χ2n) is 5.17. The molecular formula is C18H24N2O. The molecule has 1 aromatic carbocycles. The van der Waals surface area contributed by atoms with E-state index in [1.54, 1.807) is 7.11 Å². The Morgan fingerprint density at radius 1 is 1.00 bits per heavy atom. The SMILES string of the molecule is COc1cccc(CCCNCCCc2cccnc2)c1. The molecule has 1 N–H and O–H groups in total. The predicted octanol–water partition coefficient (Wildman–Crippen LogP) is 3.25. The monoisotopic (exact) mass is 284 g/mol. The first-order valence-electron chi connectivity index (χ1n) is 7.61. The number of pyridine rings is 1. The highest BCUT2D eigenvalue weighted by atomic mass is 16.5. The minimum atomic E-state index is 0.942. The molecule has 0 unspecified atom stereocenters. The van der Waals surface area contributed by atoms with Crippen LogP contribution < -0.4 is 10.1 Å². The van der Waals surface area contributed by atoms with Gasteiger partial charge in [-0.1, -0.05) is 18.2 Å². The van der Waals surface area contributed by atoms with Crippen LogP contribution in [0.4, 0.5) is 0 Å². The van der Waals surface area contributed by atoms with Gasteiger partial charge in [-0.15, -0.1) is 0 Å². The van der Waals surface area contributed by atoms with Crippen molar-refractivity contribution in [3.8, 4) is 5.75 Å². The van der Waals surface area contributed by atoms with Crippen LogP contribution in [0.1, 0.15) is 24.0 Å². The molecule has 112 valence electrons. The Balaban J connectivity index is 1.54. The van der Waals surface area contributed by atoms with Gasteiger partial charge in [-0.05, 0) is 68.1 Å². The largest absolute Gasteiger partial charge is 0.497 e. The Kier molecular flexibility index (Phi) is 6.75. The summed E-state index contributed by atoms with van der Waals surface area (Å²) in [6, 6.07) is 12.4. The summed E-state index contributed by atoms with van der Waals surface area (Å²) >= 11 is 0. The van der Waals surface area contributed by atoms with Crippen LogP contribution in [0.3, 0.4) is 0 Å². The molecule has 0 atom stereocenters. The maximum atomic E-state index is 5.24. The highest BCUT2D eigenvalue weighted by Crippen LogP contribution is 2.13. The number of aromatic nitrogens is 1. The molecule has 2 rings (SSSR count). The van der Waals surface area contributed by atoms with Crippen LogP contribution >= 0.6 is 0 Å². The van der Waals surface area contributed by atoms with Crippen LogP contribution in [0.5, 0.6) is 5.75 Å². The predicted molar refractivity (Wildman–Crippen MR) is 86.7 cm³/mol. The zero-order valence-corrected chi connectivity index (χ0v) is 12.7. The maximum absolute atomic E-state index is 5.24. The lowest BCUT2D eigenvalue weighted by molar-refractivity contribution is 0.414. The van der Waals surface area contributed by atoms with E-state index in [1.807, 2.05) is 24.5 Å². The zero-order valence-electron chi connectivity index (χ0n) is 12.7. The highest BCUT2D eigenvalue weighted by molar-refractivity contribution is 5.28. The maximum Gasteiger partial charge on any atom is 0.119 e. The lowest BCUT2D eigenvalue weighted by atomic mass is 10.1. The van der Waals surface area contributed by atoms with Gasteiger partial charge in [0.15, 0.2) is 0 Å². The van der Waals surface area contributed by atoms with Crippen LogP contribution in [-0.4, -0.2) is 25.2 Å². The number of nitrogens with zero attached hydrogens (tertiary/aromatic N) is 1. The van der Waals surface area contributed by atoms with E-state index in [4.69, 9.17) is 4.74 Å². The van der Waals surface area contributed by atoms with Crippen molar-refractivity contribution in [2.75, 3.05) is 20.2 Å². The van der Waals surface area contributed by atoms with E-state index >= 15 is 0 Å². The first-order chi connectivity index (χ1) is 10.4. The molecule has 3 heteroatoms. The van der Waals surface area contributed by atoms with Crippen molar-refractivity contribution >= 4 is 0 Å². The zero-order chi connectivity index (χ0) is 14.8. The van der Waals surface area contributed by atoms with E-state index < -0.39 is 0 Å². The summed E-state index contributed by atoms with van der Waals surface area (Å²) in [5, 5.41) is 3.50. The average Bonchev–Trinajstić information content (AvgIpc) is 2.55. The standard InChI is InChI=1S/C18H24N2O/c1-21-18-10-2-6-16(14-18)7-3-11-19-12-4-8-17-9-5-13-20-15-17/h2,5-6,9-10,13-15,19H,3-4,7-8,11-12H2,1H3. The Morgan fingerprint density at radius 2 is 1.76 bits per heavy atom. The Bertz CT molecular complexity index is 514. The van der Waals surface area contributed by atoms with Crippen molar-refractivity contribution in [1.82, 2.24) is 10.3 Å². The fraction of sp³-hybridized carbons (Fsp3) is 0.389. The number of methoxy groups -OCH3 is 1. The van der Waals surface area contributed by atoms with Crippen LogP contribution in [-0.2, 0) is 12.8 Å². The summed E-state index contributed by atoms with van der Waals surface area (Å²) in [6.45, 7) is 2.12. The van der Waals surface area contributed by atoms with Gasteiger partial charge in [0.2, 0.25) is 0 Å². The topological polar surface area (TPSA) is 34.1 Å². The van der Waals surface area contributed by atoms with Crippen molar-refractivity contribution in [2.24, 2.45) is 0 Å². The normalized spacial score (nSPS) is 10.5. The second kappa shape index (κ2) is 9.14. The molecule has 0 aliphatic heterocycles. The second-order valence-corrected chi connectivity index (χ2v) is 5.17. The van der Waals surface area contributed by atoms with Gasteiger partial charge in [0.05, 0.1) is 7.11 Å². The first-order valence-corrected chi connectivity index (χ1v) is 7.61. The highest BCUT2D eigenvalue weighted by Gasteiger charge is 1.97. The van der Waals surface area contributed by atoms with Gasteiger partial charge in [-0.25, -0.2) is 0 Å². The molecule has 0 amide bonds. The lowest BCUT2D eigenvalue weighted by Crippen LogP contribution is -2.17. The van der Waals surface area contributed by atoms with E-state index in [0.717, 1.165) is 44.5 Å². The molecule has 21 heavy (non-hydrogen) atoms. The summed E-state index contributed by atoms with van der Waals surface area (Å²) in [5.41, 5.74) is 2.65. The van der Waals surface area contributed by atoms with Crippen LogP contribution in [0, 0.1) is 0 Å². The van der Waals surface area contributed by atoms with Gasteiger partial charge < -0.3 is 10.1 Å². The van der Waals surface area contributed by atoms with E-state index in [1.165, 1.54) is 11.1 Å². The van der Waals surface area contributed by atoms with Crippen LogP contribution in [0.2, 0.25) is 0 Å². The molecule has 0 radical (unpaired) electrons. The minimum Gasteiger partial charge on any atom is -0.497 e. The Labute approximate surface area is 127 Å². The number of benzene rings is 1. The molecule has 0 spiro atoms. The number of aryl methyl sites for hydroxylation is 2. The summed E-state index contributed by atoms with van der Waals surface area (Å²) in [4.78, 5) is 4.13. The number of ether oxygens (including phenoxy) is 1. The van der Waals surface area contributed by atoms with Gasteiger partial charge in [-0.2, -0.15) is 0 Å². The van der Waals surface area contributed by atoms with Crippen molar-refractivity contribution in [3.05, 3.63) is 59.9 Å². The minimum absolute atomic E-state index is 0.942. The van der Waals surface area contributed by atoms with Gasteiger partial charge in [-0.3, -0.25) is 4.98 Å². The van der Waals surface area contributed by atoms with Gasteiger partial charge in [0, 0.05) is 12.4 Å². The molecule has 0 saturated carbocycles. The molecule has 1 heterocycles. The molecule has 3 nitrogen and oxygen atoms in total. The molecule has 0 saturated heterocycles. The van der Waals surface area contributed by atoms with Crippen molar-refractivity contribution in [1.29, 1.82) is 0 Å². The van der Waals surface area contributed by atoms with Gasteiger partial charge in [0.1, 0.15) is 5.75 Å².